The molecule has 0 radical (unpaired) electrons. The molecule has 0 unspecified atom stereocenters. The second kappa shape index (κ2) is 9.44. The molecule has 1 saturated heterocycles. The maximum atomic E-state index is 13.6. The lowest BCUT2D eigenvalue weighted by Gasteiger charge is -2.42. The molecule has 0 aliphatic carbocycles. The minimum Gasteiger partial charge on any atom is -0.336 e. The highest BCUT2D eigenvalue weighted by molar-refractivity contribution is 5.81. The first-order valence-electron chi connectivity index (χ1n) is 11.1. The number of nitrogens with zero attached hydrogens (tertiary/aromatic N) is 1. The fourth-order valence-corrected chi connectivity index (χ4v) is 4.56. The SMILES string of the molecule is Cc1cc(F)ccc1[C@H]1CNCC[C@@H]1C(=O)N(C)C(C)(C)c1cc(C(F)(F)F)cc(C(F)(F)F)c1. The van der Waals surface area contributed by atoms with Crippen molar-refractivity contribution in [3.05, 3.63) is 70.0 Å². The molecule has 0 spiro atoms. The van der Waals surface area contributed by atoms with Gasteiger partial charge in [0.15, 0.2) is 0 Å². The van der Waals surface area contributed by atoms with Gasteiger partial charge in [0.05, 0.1) is 16.7 Å². The monoisotopic (exact) mass is 504 g/mol. The van der Waals surface area contributed by atoms with Crippen LogP contribution in [0.25, 0.3) is 0 Å². The van der Waals surface area contributed by atoms with Gasteiger partial charge in [0, 0.05) is 25.4 Å². The van der Waals surface area contributed by atoms with E-state index in [-0.39, 0.29) is 17.5 Å². The van der Waals surface area contributed by atoms with Gasteiger partial charge in [-0.1, -0.05) is 6.07 Å². The van der Waals surface area contributed by atoms with E-state index >= 15 is 0 Å². The average Bonchev–Trinajstić information content (AvgIpc) is 2.76. The molecular formula is C25H27F7N2O. The Bertz CT molecular complexity index is 1060. The van der Waals surface area contributed by atoms with Gasteiger partial charge in [-0.2, -0.15) is 26.3 Å². The Morgan fingerprint density at radius 3 is 2.00 bits per heavy atom. The quantitative estimate of drug-likeness (QED) is 0.499. The molecular weight excluding hydrogens is 477 g/mol. The highest BCUT2D eigenvalue weighted by Crippen LogP contribution is 2.41. The Morgan fingerprint density at radius 1 is 0.943 bits per heavy atom. The molecule has 10 heteroatoms. The van der Waals surface area contributed by atoms with Crippen molar-refractivity contribution in [2.45, 2.75) is 51.0 Å². The minimum atomic E-state index is -4.99. The largest absolute Gasteiger partial charge is 0.416 e. The summed E-state index contributed by atoms with van der Waals surface area (Å²) in [7, 11) is 1.38. The molecule has 1 amide bonds. The normalized spacial score (nSPS) is 19.5. The number of hydrogen-bond donors (Lipinski definition) is 1. The third kappa shape index (κ3) is 5.63. The van der Waals surface area contributed by atoms with Crippen LogP contribution < -0.4 is 5.32 Å². The molecule has 2 aromatic carbocycles. The number of halogens is 7. The average molecular weight is 504 g/mol. The zero-order chi connectivity index (χ0) is 26.3. The topological polar surface area (TPSA) is 32.3 Å². The van der Waals surface area contributed by atoms with Gasteiger partial charge in [0.1, 0.15) is 5.82 Å². The van der Waals surface area contributed by atoms with Crippen LogP contribution in [0, 0.1) is 18.7 Å². The maximum Gasteiger partial charge on any atom is 0.416 e. The number of hydrogen-bond acceptors (Lipinski definition) is 2. The maximum absolute atomic E-state index is 13.6. The summed E-state index contributed by atoms with van der Waals surface area (Å²) in [6.45, 7) is 5.51. The van der Waals surface area contributed by atoms with E-state index in [1.54, 1.807) is 13.0 Å². The van der Waals surface area contributed by atoms with Gasteiger partial charge in [-0.3, -0.25) is 4.79 Å². The zero-order valence-electron chi connectivity index (χ0n) is 19.7. The van der Waals surface area contributed by atoms with Crippen LogP contribution in [0.15, 0.2) is 36.4 Å². The van der Waals surface area contributed by atoms with E-state index in [9.17, 15) is 35.5 Å². The molecule has 0 bridgehead atoms. The van der Waals surface area contributed by atoms with Crippen LogP contribution in [0.2, 0.25) is 0 Å². The van der Waals surface area contributed by atoms with E-state index in [0.29, 0.717) is 37.2 Å². The summed E-state index contributed by atoms with van der Waals surface area (Å²) in [5.74, 6) is -1.74. The highest BCUT2D eigenvalue weighted by Gasteiger charge is 2.42. The van der Waals surface area contributed by atoms with Crippen molar-refractivity contribution in [1.82, 2.24) is 10.2 Å². The number of carbonyl (C=O) groups is 1. The van der Waals surface area contributed by atoms with E-state index in [2.05, 4.69) is 5.32 Å². The predicted molar refractivity (Wildman–Crippen MR) is 117 cm³/mol. The van der Waals surface area contributed by atoms with Crippen LogP contribution in [0.5, 0.6) is 0 Å². The van der Waals surface area contributed by atoms with Gasteiger partial charge < -0.3 is 10.2 Å². The van der Waals surface area contributed by atoms with Crippen LogP contribution in [0.3, 0.4) is 0 Å². The molecule has 3 nitrogen and oxygen atoms in total. The van der Waals surface area contributed by atoms with Crippen LogP contribution in [-0.4, -0.2) is 30.9 Å². The Labute approximate surface area is 199 Å². The van der Waals surface area contributed by atoms with E-state index in [1.807, 2.05) is 0 Å². The summed E-state index contributed by atoms with van der Waals surface area (Å²) < 4.78 is 94.0. The molecule has 0 saturated carbocycles. The standard InChI is InChI=1S/C25H27F7N2O/c1-14-9-18(26)5-6-19(14)21-13-33-8-7-20(21)22(35)34(4)23(2,3)15-10-16(24(27,28)29)12-17(11-15)25(30,31)32/h5-6,9-12,20-21,33H,7-8,13H2,1-4H3/t20-,21+/m0/s1. The fraction of sp³-hybridized carbons (Fsp3) is 0.480. The lowest BCUT2D eigenvalue weighted by Crippen LogP contribution is -2.50. The summed E-state index contributed by atoms with van der Waals surface area (Å²) in [5, 5.41) is 3.20. The number of amides is 1. The number of rotatable bonds is 4. The summed E-state index contributed by atoms with van der Waals surface area (Å²) in [6.07, 6.45) is -9.57. The Balaban J connectivity index is 2.00. The highest BCUT2D eigenvalue weighted by atomic mass is 19.4. The predicted octanol–water partition coefficient (Wildman–Crippen LogP) is 6.26. The third-order valence-electron chi connectivity index (χ3n) is 6.89. The minimum absolute atomic E-state index is 0.0710. The molecule has 0 aromatic heterocycles. The second-order valence-electron chi connectivity index (χ2n) is 9.46. The van der Waals surface area contributed by atoms with Crippen molar-refractivity contribution in [2.24, 2.45) is 5.92 Å². The molecule has 1 aliphatic rings. The van der Waals surface area contributed by atoms with Crippen molar-refractivity contribution in [1.29, 1.82) is 0 Å². The number of nitrogens with one attached hydrogen (secondary N) is 1. The fourth-order valence-electron chi connectivity index (χ4n) is 4.56. The Kier molecular flexibility index (Phi) is 7.28. The van der Waals surface area contributed by atoms with Crippen LogP contribution in [0.4, 0.5) is 30.7 Å². The number of piperidine rings is 1. The molecule has 1 fully saturated rings. The van der Waals surface area contributed by atoms with Gasteiger partial charge in [-0.15, -0.1) is 0 Å². The molecule has 3 rings (SSSR count). The summed E-state index contributed by atoms with van der Waals surface area (Å²) >= 11 is 0. The van der Waals surface area contributed by atoms with E-state index in [4.69, 9.17) is 0 Å². The molecule has 1 heterocycles. The Morgan fingerprint density at radius 2 is 1.49 bits per heavy atom. The van der Waals surface area contributed by atoms with Gasteiger partial charge in [-0.05, 0) is 80.8 Å². The van der Waals surface area contributed by atoms with Crippen molar-refractivity contribution in [2.75, 3.05) is 20.1 Å². The first kappa shape index (κ1) is 27.0. The van der Waals surface area contributed by atoms with E-state index in [1.165, 1.54) is 37.9 Å². The van der Waals surface area contributed by atoms with Crippen molar-refractivity contribution < 1.29 is 35.5 Å². The van der Waals surface area contributed by atoms with Crippen LogP contribution in [0.1, 0.15) is 54.0 Å². The van der Waals surface area contributed by atoms with Gasteiger partial charge in [0.2, 0.25) is 5.91 Å². The van der Waals surface area contributed by atoms with Crippen molar-refractivity contribution in [3.63, 3.8) is 0 Å². The van der Waals surface area contributed by atoms with Crippen LogP contribution >= 0.6 is 0 Å². The first-order valence-corrected chi connectivity index (χ1v) is 11.1. The zero-order valence-corrected chi connectivity index (χ0v) is 19.7. The van der Waals surface area contributed by atoms with Crippen molar-refractivity contribution >= 4 is 5.91 Å². The number of alkyl halides is 6. The summed E-state index contributed by atoms with van der Waals surface area (Å²) in [6, 6.07) is 5.65. The van der Waals surface area contributed by atoms with Crippen LogP contribution in [-0.2, 0) is 22.7 Å². The molecule has 1 aliphatic heterocycles. The number of benzene rings is 2. The molecule has 2 atom stereocenters. The summed E-state index contributed by atoms with van der Waals surface area (Å²) in [4.78, 5) is 14.8. The number of aryl methyl sites for hydroxylation is 1. The smallest absolute Gasteiger partial charge is 0.336 e. The summed E-state index contributed by atoms with van der Waals surface area (Å²) in [5.41, 5.74) is -3.20. The van der Waals surface area contributed by atoms with Gasteiger partial charge >= 0.3 is 12.4 Å². The van der Waals surface area contributed by atoms with Crippen molar-refractivity contribution in [3.8, 4) is 0 Å². The van der Waals surface area contributed by atoms with E-state index in [0.717, 1.165) is 5.56 Å². The Hall–Kier alpha value is -2.62. The van der Waals surface area contributed by atoms with Gasteiger partial charge in [-0.25, -0.2) is 4.39 Å². The van der Waals surface area contributed by atoms with Gasteiger partial charge in [0.25, 0.3) is 0 Å². The molecule has 1 N–H and O–H groups in total. The first-order chi connectivity index (χ1) is 16.0. The molecule has 2 aromatic rings. The number of carbonyl (C=O) groups excluding carboxylic acids is 1. The molecule has 192 valence electrons. The lowest BCUT2D eigenvalue weighted by molar-refractivity contribution is -0.143. The molecule has 35 heavy (non-hydrogen) atoms. The lowest BCUT2D eigenvalue weighted by atomic mass is 9.78. The van der Waals surface area contributed by atoms with E-state index < -0.39 is 46.7 Å². The second-order valence-corrected chi connectivity index (χ2v) is 9.46. The third-order valence-corrected chi connectivity index (χ3v) is 6.89.